The summed E-state index contributed by atoms with van der Waals surface area (Å²) in [6.07, 6.45) is 1.46. The van der Waals surface area contributed by atoms with Crippen molar-refractivity contribution in [3.05, 3.63) is 11.3 Å². The Morgan fingerprint density at radius 2 is 1.91 bits per heavy atom. The number of carbonyl (C=O) groups excluding carboxylic acids is 3. The summed E-state index contributed by atoms with van der Waals surface area (Å²) < 4.78 is 9.68. The van der Waals surface area contributed by atoms with Crippen molar-refractivity contribution >= 4 is 23.7 Å². The van der Waals surface area contributed by atoms with Gasteiger partial charge >= 0.3 is 11.9 Å². The predicted molar refractivity (Wildman–Crippen MR) is 76.4 cm³/mol. The number of ether oxygens (including phenoxy) is 2. The standard InChI is InChI=1S/C14H19N3O5/c1-3-21-10(19)7-9(18)15-13-11(8-5-6-8)12(16-17-13)14(20)22-4-2/h8H,3-7H2,1-2H3,(H2,15,16,17,18). The zero-order valence-corrected chi connectivity index (χ0v) is 12.6. The van der Waals surface area contributed by atoms with Gasteiger partial charge < -0.3 is 14.8 Å². The highest BCUT2D eigenvalue weighted by Gasteiger charge is 2.34. The van der Waals surface area contributed by atoms with Crippen LogP contribution in [0.2, 0.25) is 0 Å². The van der Waals surface area contributed by atoms with E-state index in [9.17, 15) is 14.4 Å². The molecule has 8 heteroatoms. The first-order chi connectivity index (χ1) is 10.6. The Morgan fingerprint density at radius 3 is 2.50 bits per heavy atom. The largest absolute Gasteiger partial charge is 0.466 e. The van der Waals surface area contributed by atoms with Crippen LogP contribution in [0, 0.1) is 0 Å². The minimum Gasteiger partial charge on any atom is -0.466 e. The van der Waals surface area contributed by atoms with Gasteiger partial charge in [-0.3, -0.25) is 14.7 Å². The van der Waals surface area contributed by atoms with Crippen LogP contribution in [0.4, 0.5) is 5.82 Å². The molecule has 0 unspecified atom stereocenters. The Bertz CT molecular complexity index is 577. The molecule has 1 saturated carbocycles. The normalized spacial score (nSPS) is 13.5. The fourth-order valence-corrected chi connectivity index (χ4v) is 2.09. The molecule has 2 rings (SSSR count). The maximum atomic E-state index is 11.9. The van der Waals surface area contributed by atoms with E-state index in [1.54, 1.807) is 13.8 Å². The molecule has 1 fully saturated rings. The molecule has 1 aliphatic rings. The van der Waals surface area contributed by atoms with Gasteiger partial charge in [-0.25, -0.2) is 4.79 Å². The van der Waals surface area contributed by atoms with Crippen LogP contribution in [0.15, 0.2) is 0 Å². The van der Waals surface area contributed by atoms with E-state index >= 15 is 0 Å². The monoisotopic (exact) mass is 309 g/mol. The Kier molecular flexibility index (Phi) is 5.13. The first-order valence-electron chi connectivity index (χ1n) is 7.27. The Hall–Kier alpha value is -2.38. The van der Waals surface area contributed by atoms with E-state index in [0.29, 0.717) is 5.56 Å². The molecule has 1 heterocycles. The number of H-pyrrole nitrogens is 1. The van der Waals surface area contributed by atoms with Crippen molar-refractivity contribution in [3.63, 3.8) is 0 Å². The van der Waals surface area contributed by atoms with Gasteiger partial charge in [-0.1, -0.05) is 0 Å². The van der Waals surface area contributed by atoms with Crippen molar-refractivity contribution in [2.75, 3.05) is 18.5 Å². The van der Waals surface area contributed by atoms with Crippen molar-refractivity contribution in [1.29, 1.82) is 0 Å². The summed E-state index contributed by atoms with van der Waals surface area (Å²) >= 11 is 0. The van der Waals surface area contributed by atoms with E-state index < -0.39 is 17.8 Å². The summed E-state index contributed by atoms with van der Waals surface area (Å²) in [5.41, 5.74) is 0.909. The van der Waals surface area contributed by atoms with Crippen LogP contribution in [0.1, 0.15) is 55.1 Å². The summed E-state index contributed by atoms with van der Waals surface area (Å²) in [5, 5.41) is 9.12. The van der Waals surface area contributed by atoms with Crippen LogP contribution in [-0.4, -0.2) is 41.3 Å². The molecule has 0 aliphatic heterocycles. The average Bonchev–Trinajstić information content (AvgIpc) is 3.20. The maximum Gasteiger partial charge on any atom is 0.356 e. The molecule has 0 atom stereocenters. The highest BCUT2D eigenvalue weighted by atomic mass is 16.5. The summed E-state index contributed by atoms with van der Waals surface area (Å²) in [6.45, 7) is 3.86. The van der Waals surface area contributed by atoms with Crippen LogP contribution in [-0.2, 0) is 19.1 Å². The van der Waals surface area contributed by atoms with Crippen molar-refractivity contribution in [2.24, 2.45) is 0 Å². The molecule has 0 spiro atoms. The molecule has 1 amide bonds. The van der Waals surface area contributed by atoms with Gasteiger partial charge in [0.2, 0.25) is 5.91 Å². The number of esters is 2. The average molecular weight is 309 g/mol. The highest BCUT2D eigenvalue weighted by Crippen LogP contribution is 2.44. The van der Waals surface area contributed by atoms with E-state index in [2.05, 4.69) is 15.5 Å². The van der Waals surface area contributed by atoms with Gasteiger partial charge in [0.25, 0.3) is 0 Å². The molecular formula is C14H19N3O5. The summed E-state index contributed by atoms with van der Waals surface area (Å²) in [7, 11) is 0. The number of aromatic nitrogens is 2. The fraction of sp³-hybridized carbons (Fsp3) is 0.571. The molecule has 1 aromatic heterocycles. The predicted octanol–water partition coefficient (Wildman–Crippen LogP) is 1.36. The van der Waals surface area contributed by atoms with Crippen LogP contribution in [0.3, 0.4) is 0 Å². The van der Waals surface area contributed by atoms with Gasteiger partial charge in [-0.15, -0.1) is 0 Å². The van der Waals surface area contributed by atoms with Gasteiger partial charge in [0, 0.05) is 5.56 Å². The third kappa shape index (κ3) is 3.84. The molecular weight excluding hydrogens is 290 g/mol. The number of amides is 1. The molecule has 1 aliphatic carbocycles. The zero-order chi connectivity index (χ0) is 16.1. The van der Waals surface area contributed by atoms with Crippen molar-refractivity contribution < 1.29 is 23.9 Å². The van der Waals surface area contributed by atoms with E-state index in [-0.39, 0.29) is 37.1 Å². The SMILES string of the molecule is CCOC(=O)CC(=O)Nc1n[nH]c(C(=O)OCC)c1C1CC1. The third-order valence-electron chi connectivity index (χ3n) is 3.14. The van der Waals surface area contributed by atoms with Crippen LogP contribution < -0.4 is 5.32 Å². The van der Waals surface area contributed by atoms with Gasteiger partial charge in [0.1, 0.15) is 12.1 Å². The van der Waals surface area contributed by atoms with Crippen LogP contribution in [0.5, 0.6) is 0 Å². The molecule has 0 aromatic carbocycles. The van der Waals surface area contributed by atoms with Gasteiger partial charge in [-0.05, 0) is 32.6 Å². The Labute approximate surface area is 127 Å². The molecule has 0 radical (unpaired) electrons. The number of hydrogen-bond donors (Lipinski definition) is 2. The summed E-state index contributed by atoms with van der Waals surface area (Å²) in [4.78, 5) is 35.0. The first kappa shape index (κ1) is 16.0. The van der Waals surface area contributed by atoms with E-state index in [1.165, 1.54) is 0 Å². The number of hydrogen-bond acceptors (Lipinski definition) is 6. The molecule has 2 N–H and O–H groups in total. The second kappa shape index (κ2) is 7.06. The minimum atomic E-state index is -0.603. The van der Waals surface area contributed by atoms with Crippen molar-refractivity contribution in [2.45, 2.75) is 39.0 Å². The minimum absolute atomic E-state index is 0.177. The quantitative estimate of drug-likeness (QED) is 0.581. The Balaban J connectivity index is 2.09. The summed E-state index contributed by atoms with van der Waals surface area (Å²) in [5.74, 6) is -1.17. The lowest BCUT2D eigenvalue weighted by Gasteiger charge is -2.06. The molecule has 22 heavy (non-hydrogen) atoms. The van der Waals surface area contributed by atoms with Gasteiger partial charge in [0.05, 0.1) is 13.2 Å². The smallest absolute Gasteiger partial charge is 0.356 e. The Morgan fingerprint density at radius 1 is 1.23 bits per heavy atom. The van der Waals surface area contributed by atoms with E-state index in [1.807, 2.05) is 0 Å². The van der Waals surface area contributed by atoms with Crippen LogP contribution in [0.25, 0.3) is 0 Å². The number of nitrogens with zero attached hydrogens (tertiary/aromatic N) is 1. The van der Waals surface area contributed by atoms with Crippen molar-refractivity contribution in [1.82, 2.24) is 10.2 Å². The van der Waals surface area contributed by atoms with E-state index in [4.69, 9.17) is 9.47 Å². The lowest BCUT2D eigenvalue weighted by atomic mass is 10.1. The summed E-state index contributed by atoms with van der Waals surface area (Å²) in [6, 6.07) is 0. The number of nitrogens with one attached hydrogen (secondary N) is 2. The van der Waals surface area contributed by atoms with Gasteiger partial charge in [0.15, 0.2) is 5.82 Å². The number of anilines is 1. The highest BCUT2D eigenvalue weighted by molar-refractivity contribution is 6.02. The van der Waals surface area contributed by atoms with Gasteiger partial charge in [-0.2, -0.15) is 5.10 Å². The molecule has 1 aromatic rings. The zero-order valence-electron chi connectivity index (χ0n) is 12.6. The van der Waals surface area contributed by atoms with E-state index in [0.717, 1.165) is 12.8 Å². The maximum absolute atomic E-state index is 11.9. The molecule has 8 nitrogen and oxygen atoms in total. The number of rotatable bonds is 7. The number of carbonyl (C=O) groups is 3. The third-order valence-corrected chi connectivity index (χ3v) is 3.14. The van der Waals surface area contributed by atoms with Crippen LogP contribution >= 0.6 is 0 Å². The van der Waals surface area contributed by atoms with Crippen molar-refractivity contribution in [3.8, 4) is 0 Å². The lowest BCUT2D eigenvalue weighted by molar-refractivity contribution is -0.145. The molecule has 0 bridgehead atoms. The molecule has 120 valence electrons. The second-order valence-electron chi connectivity index (χ2n) is 4.89. The molecule has 0 saturated heterocycles. The lowest BCUT2D eigenvalue weighted by Crippen LogP contribution is -2.19. The number of aromatic amines is 1. The fourth-order valence-electron chi connectivity index (χ4n) is 2.09. The topological polar surface area (TPSA) is 110 Å². The first-order valence-corrected chi connectivity index (χ1v) is 7.27. The second-order valence-corrected chi connectivity index (χ2v) is 4.89.